The number of methoxy groups -OCH3 is 1. The molecule has 0 saturated heterocycles. The third kappa shape index (κ3) is 2.90. The largest absolute Gasteiger partial charge is 0.468 e. The number of para-hydroxylation sites is 1. The first-order valence-corrected chi connectivity index (χ1v) is 8.52. The number of esters is 1. The Hall–Kier alpha value is -3.27. The molecule has 0 amide bonds. The minimum atomic E-state index is -0.487. The zero-order valence-corrected chi connectivity index (χ0v) is 14.4. The number of nitrogens with zero attached hydrogens (tertiary/aromatic N) is 2. The van der Waals surface area contributed by atoms with E-state index in [1.54, 1.807) is 12.4 Å². The second-order valence-electron chi connectivity index (χ2n) is 6.20. The normalized spacial score (nSPS) is 12.2. The molecule has 1 unspecified atom stereocenters. The van der Waals surface area contributed by atoms with Crippen LogP contribution in [-0.2, 0) is 16.0 Å². The number of benzene rings is 2. The van der Waals surface area contributed by atoms with Gasteiger partial charge in [0.25, 0.3) is 0 Å². The van der Waals surface area contributed by atoms with Gasteiger partial charge in [-0.3, -0.25) is 14.8 Å². The number of hydrogen-bond donors (Lipinski definition) is 0. The molecular weight excluding hydrogens is 324 g/mol. The van der Waals surface area contributed by atoms with Crippen LogP contribution < -0.4 is 0 Å². The highest BCUT2D eigenvalue weighted by Crippen LogP contribution is 2.32. The van der Waals surface area contributed by atoms with Gasteiger partial charge in [-0.15, -0.1) is 0 Å². The minimum Gasteiger partial charge on any atom is -0.468 e. The molecular formula is C22H18N2O2. The van der Waals surface area contributed by atoms with Crippen LogP contribution in [0.2, 0.25) is 0 Å². The Labute approximate surface area is 151 Å². The minimum absolute atomic E-state index is 0.290. The SMILES string of the molecule is COC(=O)C(Cc1ccccc1)c1nc2ccccc2c2ccncc12. The zero-order chi connectivity index (χ0) is 17.9. The molecule has 0 radical (unpaired) electrons. The maximum absolute atomic E-state index is 12.6. The first kappa shape index (κ1) is 16.2. The topological polar surface area (TPSA) is 52.1 Å². The molecule has 4 aromatic rings. The molecule has 0 aliphatic rings. The number of pyridine rings is 2. The van der Waals surface area contributed by atoms with Crippen molar-refractivity contribution in [2.24, 2.45) is 0 Å². The summed E-state index contributed by atoms with van der Waals surface area (Å²) in [7, 11) is 1.42. The third-order valence-electron chi connectivity index (χ3n) is 4.63. The van der Waals surface area contributed by atoms with E-state index in [0.717, 1.165) is 27.2 Å². The van der Waals surface area contributed by atoms with Gasteiger partial charge < -0.3 is 4.74 Å². The third-order valence-corrected chi connectivity index (χ3v) is 4.63. The summed E-state index contributed by atoms with van der Waals surface area (Å²) in [6, 6.07) is 19.9. The van der Waals surface area contributed by atoms with Crippen LogP contribution in [0.3, 0.4) is 0 Å². The van der Waals surface area contributed by atoms with Crippen molar-refractivity contribution in [1.82, 2.24) is 9.97 Å². The Morgan fingerprint density at radius 3 is 2.54 bits per heavy atom. The highest BCUT2D eigenvalue weighted by atomic mass is 16.5. The van der Waals surface area contributed by atoms with Gasteiger partial charge in [0, 0.05) is 23.2 Å². The molecule has 0 aliphatic heterocycles. The van der Waals surface area contributed by atoms with Gasteiger partial charge in [-0.25, -0.2) is 0 Å². The molecule has 2 aromatic heterocycles. The summed E-state index contributed by atoms with van der Waals surface area (Å²) in [4.78, 5) is 21.7. The molecule has 0 N–H and O–H groups in total. The van der Waals surface area contributed by atoms with E-state index in [0.29, 0.717) is 12.1 Å². The molecule has 0 fully saturated rings. The van der Waals surface area contributed by atoms with Crippen molar-refractivity contribution in [3.63, 3.8) is 0 Å². The molecule has 26 heavy (non-hydrogen) atoms. The molecule has 4 nitrogen and oxygen atoms in total. The Bertz CT molecular complexity index is 1080. The van der Waals surface area contributed by atoms with Gasteiger partial charge >= 0.3 is 5.97 Å². The van der Waals surface area contributed by atoms with E-state index in [1.807, 2.05) is 60.7 Å². The van der Waals surface area contributed by atoms with Crippen LogP contribution in [0.4, 0.5) is 0 Å². The number of rotatable bonds is 4. The molecule has 0 bridgehead atoms. The van der Waals surface area contributed by atoms with Crippen molar-refractivity contribution >= 4 is 27.6 Å². The summed E-state index contributed by atoms with van der Waals surface area (Å²) in [5.41, 5.74) is 2.64. The Balaban J connectivity index is 1.94. The highest BCUT2D eigenvalue weighted by Gasteiger charge is 2.26. The van der Waals surface area contributed by atoms with Gasteiger partial charge in [0.1, 0.15) is 5.92 Å². The predicted molar refractivity (Wildman–Crippen MR) is 102 cm³/mol. The quantitative estimate of drug-likeness (QED) is 0.410. The van der Waals surface area contributed by atoms with Gasteiger partial charge in [-0.2, -0.15) is 0 Å². The number of carbonyl (C=O) groups is 1. The van der Waals surface area contributed by atoms with E-state index in [-0.39, 0.29) is 5.97 Å². The van der Waals surface area contributed by atoms with E-state index >= 15 is 0 Å². The van der Waals surface area contributed by atoms with E-state index in [4.69, 9.17) is 9.72 Å². The van der Waals surface area contributed by atoms with Crippen molar-refractivity contribution in [3.05, 3.63) is 84.3 Å². The lowest BCUT2D eigenvalue weighted by Gasteiger charge is -2.17. The fourth-order valence-corrected chi connectivity index (χ4v) is 3.37. The molecule has 2 aromatic carbocycles. The van der Waals surface area contributed by atoms with Crippen molar-refractivity contribution < 1.29 is 9.53 Å². The molecule has 4 heteroatoms. The van der Waals surface area contributed by atoms with Gasteiger partial charge in [0.2, 0.25) is 0 Å². The van der Waals surface area contributed by atoms with E-state index in [1.165, 1.54) is 7.11 Å². The van der Waals surface area contributed by atoms with Gasteiger partial charge in [-0.1, -0.05) is 48.5 Å². The lowest BCUT2D eigenvalue weighted by molar-refractivity contribution is -0.142. The molecule has 1 atom stereocenters. The average molecular weight is 342 g/mol. The van der Waals surface area contributed by atoms with Crippen LogP contribution in [0, 0.1) is 0 Å². The predicted octanol–water partition coefficient (Wildman–Crippen LogP) is 4.28. The van der Waals surface area contributed by atoms with Crippen LogP contribution >= 0.6 is 0 Å². The molecule has 0 spiro atoms. The highest BCUT2D eigenvalue weighted by molar-refractivity contribution is 6.07. The lowest BCUT2D eigenvalue weighted by atomic mass is 9.92. The number of carbonyl (C=O) groups excluding carboxylic acids is 1. The maximum Gasteiger partial charge on any atom is 0.315 e. The summed E-state index contributed by atoms with van der Waals surface area (Å²) in [5.74, 6) is -0.777. The van der Waals surface area contributed by atoms with Crippen molar-refractivity contribution in [2.75, 3.05) is 7.11 Å². The Morgan fingerprint density at radius 1 is 0.962 bits per heavy atom. The van der Waals surface area contributed by atoms with Crippen LogP contribution in [0.5, 0.6) is 0 Å². The second-order valence-corrected chi connectivity index (χ2v) is 6.20. The van der Waals surface area contributed by atoms with E-state index < -0.39 is 5.92 Å². The van der Waals surface area contributed by atoms with Gasteiger partial charge in [0.05, 0.1) is 18.3 Å². The van der Waals surface area contributed by atoms with Gasteiger partial charge in [-0.05, 0) is 29.5 Å². The molecule has 2 heterocycles. The number of aromatic nitrogens is 2. The standard InChI is InChI=1S/C22H18N2O2/c1-26-22(25)18(13-15-7-3-2-4-8-15)21-19-14-23-12-11-16(19)17-9-5-6-10-20(17)24-21/h2-12,14,18H,13H2,1H3. The van der Waals surface area contributed by atoms with Crippen molar-refractivity contribution in [1.29, 1.82) is 0 Å². The number of hydrogen-bond acceptors (Lipinski definition) is 4. The second kappa shape index (κ2) is 6.92. The summed E-state index contributed by atoms with van der Waals surface area (Å²) < 4.78 is 5.10. The Kier molecular flexibility index (Phi) is 4.32. The van der Waals surface area contributed by atoms with Crippen LogP contribution in [0.1, 0.15) is 17.2 Å². The fourth-order valence-electron chi connectivity index (χ4n) is 3.37. The molecule has 0 saturated carbocycles. The zero-order valence-electron chi connectivity index (χ0n) is 14.4. The Morgan fingerprint density at radius 2 is 1.73 bits per heavy atom. The smallest absolute Gasteiger partial charge is 0.315 e. The average Bonchev–Trinajstić information content (AvgIpc) is 2.72. The summed E-state index contributed by atoms with van der Waals surface area (Å²) >= 11 is 0. The van der Waals surface area contributed by atoms with Crippen molar-refractivity contribution in [2.45, 2.75) is 12.3 Å². The van der Waals surface area contributed by atoms with Crippen molar-refractivity contribution in [3.8, 4) is 0 Å². The first-order valence-electron chi connectivity index (χ1n) is 8.52. The van der Waals surface area contributed by atoms with Crippen LogP contribution in [0.25, 0.3) is 21.7 Å². The summed E-state index contributed by atoms with van der Waals surface area (Å²) in [5, 5.41) is 2.98. The fraction of sp³-hybridized carbons (Fsp3) is 0.136. The van der Waals surface area contributed by atoms with Crippen LogP contribution in [-0.4, -0.2) is 23.0 Å². The van der Waals surface area contributed by atoms with Crippen LogP contribution in [0.15, 0.2) is 73.1 Å². The summed E-state index contributed by atoms with van der Waals surface area (Å²) in [6.07, 6.45) is 4.08. The molecule has 4 rings (SSSR count). The first-order chi connectivity index (χ1) is 12.8. The molecule has 128 valence electrons. The lowest BCUT2D eigenvalue weighted by Crippen LogP contribution is -2.18. The number of fused-ring (bicyclic) bond motifs is 3. The maximum atomic E-state index is 12.6. The van der Waals surface area contributed by atoms with E-state index in [2.05, 4.69) is 4.98 Å². The van der Waals surface area contributed by atoms with E-state index in [9.17, 15) is 4.79 Å². The number of ether oxygens (including phenoxy) is 1. The monoisotopic (exact) mass is 342 g/mol. The molecule has 0 aliphatic carbocycles. The summed E-state index contributed by atoms with van der Waals surface area (Å²) in [6.45, 7) is 0. The van der Waals surface area contributed by atoms with Gasteiger partial charge in [0.15, 0.2) is 0 Å².